The van der Waals surface area contributed by atoms with Gasteiger partial charge < -0.3 is 18.6 Å². The largest absolute Gasteiger partial charge is 0.464 e. The molecule has 9 heteroatoms. The molecule has 2 fully saturated rings. The van der Waals surface area contributed by atoms with Crippen LogP contribution in [0.4, 0.5) is 0 Å². The van der Waals surface area contributed by atoms with Crippen molar-refractivity contribution in [2.45, 2.75) is 128 Å². The molecule has 0 spiro atoms. The average Bonchev–Trinajstić information content (AvgIpc) is 3.05. The van der Waals surface area contributed by atoms with Gasteiger partial charge in [0.05, 0.1) is 43.4 Å². The molecular formula is C26H45B2NO5S. The van der Waals surface area contributed by atoms with Crippen LogP contribution >= 0.6 is 0 Å². The fourth-order valence-corrected chi connectivity index (χ4v) is 5.25. The van der Waals surface area contributed by atoms with E-state index in [1.54, 1.807) is 0 Å². The first kappa shape index (κ1) is 28.9. The van der Waals surface area contributed by atoms with Crippen LogP contribution in [0.3, 0.4) is 0 Å². The highest BCUT2D eigenvalue weighted by Gasteiger charge is 2.71. The standard InChI is InChI=1S/C26H45B2NO5S/c1-19(29-35(30)21(2,3)4)26(18-20-16-14-13-15-17-20,27-31-22(5,6)23(7,8)32-27)28-33-24(9,10)25(11,12)34-28/h13-17,19,29H,18H2,1-12H3/t19-,35-/m1/s1. The highest BCUT2D eigenvalue weighted by atomic mass is 32.2. The Bertz CT molecular complexity index is 861. The molecule has 3 rings (SSSR count). The minimum absolute atomic E-state index is 0.341. The highest BCUT2D eigenvalue weighted by molar-refractivity contribution is 7.84. The van der Waals surface area contributed by atoms with Crippen molar-refractivity contribution in [3.8, 4) is 0 Å². The van der Waals surface area contributed by atoms with Gasteiger partial charge in [0, 0.05) is 6.04 Å². The molecule has 6 nitrogen and oxygen atoms in total. The molecule has 0 radical (unpaired) electrons. The van der Waals surface area contributed by atoms with Crippen LogP contribution in [0.1, 0.15) is 88.6 Å². The molecule has 2 aliphatic heterocycles. The molecule has 1 aromatic carbocycles. The normalized spacial score (nSPS) is 25.0. The lowest BCUT2D eigenvalue weighted by Crippen LogP contribution is -2.60. The zero-order chi connectivity index (χ0) is 26.7. The lowest BCUT2D eigenvalue weighted by molar-refractivity contribution is 0.00578. The minimum atomic E-state index is -1.32. The highest BCUT2D eigenvalue weighted by Crippen LogP contribution is 2.54. The van der Waals surface area contributed by atoms with E-state index in [0.717, 1.165) is 5.56 Å². The van der Waals surface area contributed by atoms with Crippen molar-refractivity contribution < 1.29 is 22.8 Å². The maximum Gasteiger partial charge on any atom is 0.464 e. The third-order valence-electron chi connectivity index (χ3n) is 8.38. The molecule has 2 aliphatic rings. The van der Waals surface area contributed by atoms with Crippen molar-refractivity contribution in [1.82, 2.24) is 4.72 Å². The molecular weight excluding hydrogens is 460 g/mol. The van der Waals surface area contributed by atoms with Crippen molar-refractivity contribution >= 4 is 25.2 Å². The zero-order valence-electron chi connectivity index (χ0n) is 23.8. The Balaban J connectivity index is 2.19. The molecule has 0 bridgehead atoms. The van der Waals surface area contributed by atoms with E-state index in [1.165, 1.54) is 0 Å². The Morgan fingerprint density at radius 3 is 1.51 bits per heavy atom. The van der Waals surface area contributed by atoms with E-state index in [-0.39, 0.29) is 6.04 Å². The second-order valence-electron chi connectivity index (χ2n) is 13.2. The summed E-state index contributed by atoms with van der Waals surface area (Å²) >= 11 is 0. The summed E-state index contributed by atoms with van der Waals surface area (Å²) in [6.45, 7) is 24.3. The van der Waals surface area contributed by atoms with Crippen LogP contribution in [-0.4, -0.2) is 51.6 Å². The first-order valence-corrected chi connectivity index (χ1v) is 13.8. The van der Waals surface area contributed by atoms with Crippen LogP contribution in [0.2, 0.25) is 5.21 Å². The van der Waals surface area contributed by atoms with Gasteiger partial charge in [-0.2, -0.15) is 0 Å². The minimum Gasteiger partial charge on any atom is -0.403 e. The number of hydrogen-bond donors (Lipinski definition) is 1. The van der Waals surface area contributed by atoms with Gasteiger partial charge >= 0.3 is 14.2 Å². The summed E-state index contributed by atoms with van der Waals surface area (Å²) in [6.07, 6.45) is 0.553. The van der Waals surface area contributed by atoms with Gasteiger partial charge in [-0.05, 0) is 95.1 Å². The van der Waals surface area contributed by atoms with E-state index in [4.69, 9.17) is 18.6 Å². The van der Waals surface area contributed by atoms with Gasteiger partial charge in [0.2, 0.25) is 0 Å². The summed E-state index contributed by atoms with van der Waals surface area (Å²) in [5, 5.41) is -0.849. The predicted molar refractivity (Wildman–Crippen MR) is 145 cm³/mol. The second kappa shape index (κ2) is 9.25. The second-order valence-corrected chi connectivity index (χ2v) is 15.2. The Morgan fingerprint density at radius 1 is 0.800 bits per heavy atom. The van der Waals surface area contributed by atoms with E-state index >= 15 is 0 Å². The molecule has 0 saturated carbocycles. The van der Waals surface area contributed by atoms with Crippen molar-refractivity contribution in [3.63, 3.8) is 0 Å². The Labute approximate surface area is 216 Å². The molecule has 0 aromatic heterocycles. The summed E-state index contributed by atoms with van der Waals surface area (Å²) < 4.78 is 43.2. The van der Waals surface area contributed by atoms with Crippen LogP contribution < -0.4 is 4.72 Å². The average molecular weight is 505 g/mol. The van der Waals surface area contributed by atoms with E-state index in [1.807, 2.05) is 45.9 Å². The fourth-order valence-electron chi connectivity index (χ4n) is 4.36. The van der Waals surface area contributed by atoms with Crippen LogP contribution in [0.15, 0.2) is 30.3 Å². The third kappa shape index (κ3) is 5.32. The zero-order valence-corrected chi connectivity index (χ0v) is 24.6. The molecule has 1 N–H and O–H groups in total. The number of nitrogens with one attached hydrogen (secondary N) is 1. The molecule has 0 unspecified atom stereocenters. The van der Waals surface area contributed by atoms with E-state index in [2.05, 4.69) is 72.2 Å². The first-order valence-electron chi connectivity index (χ1n) is 12.7. The van der Waals surface area contributed by atoms with Crippen molar-refractivity contribution in [3.05, 3.63) is 35.9 Å². The Hall–Kier alpha value is -0.700. The van der Waals surface area contributed by atoms with Gasteiger partial charge in [0.15, 0.2) is 0 Å². The van der Waals surface area contributed by atoms with Gasteiger partial charge in [-0.1, -0.05) is 30.3 Å². The summed E-state index contributed by atoms with van der Waals surface area (Å²) in [5.41, 5.74) is -1.09. The topological polar surface area (TPSA) is 66.0 Å². The SMILES string of the molecule is C[C@@H](N[S@](=O)C(C)(C)C)C(Cc1ccccc1)(B1OC(C)(C)C(C)(C)O1)B1OC(C)(C)C(C)(C)O1. The Morgan fingerprint density at radius 2 is 1.17 bits per heavy atom. The van der Waals surface area contributed by atoms with Gasteiger partial charge in [-0.25, -0.2) is 8.93 Å². The van der Waals surface area contributed by atoms with E-state index < -0.39 is 57.6 Å². The molecule has 2 heterocycles. The molecule has 0 amide bonds. The molecule has 196 valence electrons. The number of hydrogen-bond acceptors (Lipinski definition) is 5. The van der Waals surface area contributed by atoms with Gasteiger partial charge in [-0.3, -0.25) is 0 Å². The van der Waals surface area contributed by atoms with Gasteiger partial charge in [-0.15, -0.1) is 0 Å². The van der Waals surface area contributed by atoms with Gasteiger partial charge in [0.25, 0.3) is 0 Å². The summed E-state index contributed by atoms with van der Waals surface area (Å²) in [4.78, 5) is 0. The third-order valence-corrected chi connectivity index (χ3v) is 10.1. The van der Waals surface area contributed by atoms with Gasteiger partial charge in [0.1, 0.15) is 0 Å². The number of rotatable bonds is 7. The Kier molecular flexibility index (Phi) is 7.62. The predicted octanol–water partition coefficient (Wildman–Crippen LogP) is 5.13. The monoisotopic (exact) mass is 505 g/mol. The van der Waals surface area contributed by atoms with E-state index in [0.29, 0.717) is 6.42 Å². The fraction of sp³-hybridized carbons (Fsp3) is 0.769. The quantitative estimate of drug-likeness (QED) is 0.521. The maximum atomic E-state index is 13.4. The first-order chi connectivity index (χ1) is 15.8. The maximum absolute atomic E-state index is 13.4. The smallest absolute Gasteiger partial charge is 0.403 e. The van der Waals surface area contributed by atoms with Crippen LogP contribution in [-0.2, 0) is 36.0 Å². The van der Waals surface area contributed by atoms with E-state index in [9.17, 15) is 4.21 Å². The summed E-state index contributed by atoms with van der Waals surface area (Å²) in [7, 11) is -2.65. The lowest BCUT2D eigenvalue weighted by Gasteiger charge is -2.42. The van der Waals surface area contributed by atoms with Crippen molar-refractivity contribution in [1.29, 1.82) is 0 Å². The van der Waals surface area contributed by atoms with Crippen LogP contribution in [0.25, 0.3) is 0 Å². The van der Waals surface area contributed by atoms with Crippen LogP contribution in [0, 0.1) is 0 Å². The molecule has 2 atom stereocenters. The summed E-state index contributed by atoms with van der Waals surface area (Å²) in [6, 6.07) is 9.91. The number of benzene rings is 1. The molecule has 35 heavy (non-hydrogen) atoms. The van der Waals surface area contributed by atoms with Crippen molar-refractivity contribution in [2.75, 3.05) is 0 Å². The molecule has 0 aliphatic carbocycles. The molecule has 1 aromatic rings. The van der Waals surface area contributed by atoms with Crippen molar-refractivity contribution in [2.24, 2.45) is 0 Å². The lowest BCUT2D eigenvalue weighted by atomic mass is 9.34. The van der Waals surface area contributed by atoms with Crippen LogP contribution in [0.5, 0.6) is 0 Å². The summed E-state index contributed by atoms with van der Waals surface area (Å²) in [5.74, 6) is 0. The molecule has 2 saturated heterocycles.